The maximum absolute atomic E-state index is 11.8. The molecule has 2 rings (SSSR count). The molecule has 2 aromatic rings. The summed E-state index contributed by atoms with van der Waals surface area (Å²) in [6, 6.07) is 14.0. The summed E-state index contributed by atoms with van der Waals surface area (Å²) in [6.07, 6.45) is -0.0391. The fraction of sp³-hybridized carbons (Fsp3) is 0.222. The van der Waals surface area contributed by atoms with Crippen LogP contribution in [0.15, 0.2) is 48.5 Å². The van der Waals surface area contributed by atoms with Crippen molar-refractivity contribution < 1.29 is 24.2 Å². The van der Waals surface area contributed by atoms with Crippen LogP contribution in [0.3, 0.4) is 0 Å². The Kier molecular flexibility index (Phi) is 6.19. The summed E-state index contributed by atoms with van der Waals surface area (Å²) in [5, 5.41) is 11.5. The number of amides is 1. The van der Waals surface area contributed by atoms with Gasteiger partial charge in [-0.15, -0.1) is 0 Å². The van der Waals surface area contributed by atoms with E-state index < -0.39 is 5.97 Å². The molecular formula is C18H19NO5. The van der Waals surface area contributed by atoms with Crippen LogP contribution in [-0.2, 0) is 22.6 Å². The first kappa shape index (κ1) is 17.3. The predicted molar refractivity (Wildman–Crippen MR) is 88.1 cm³/mol. The summed E-state index contributed by atoms with van der Waals surface area (Å²) in [5.41, 5.74) is 1.64. The van der Waals surface area contributed by atoms with Crippen LogP contribution >= 0.6 is 0 Å². The second kappa shape index (κ2) is 8.57. The number of hydrogen-bond acceptors (Lipinski definition) is 4. The molecule has 2 N–H and O–H groups in total. The SMILES string of the molecule is COc1ccc(CNC(=O)COc2ccc(CC(=O)O)cc2)cc1. The highest BCUT2D eigenvalue weighted by Gasteiger charge is 2.04. The molecule has 6 heteroatoms. The van der Waals surface area contributed by atoms with Crippen molar-refractivity contribution in [3.63, 3.8) is 0 Å². The van der Waals surface area contributed by atoms with E-state index in [1.165, 1.54) is 0 Å². The first-order valence-corrected chi connectivity index (χ1v) is 7.40. The van der Waals surface area contributed by atoms with Crippen LogP contribution in [0.4, 0.5) is 0 Å². The van der Waals surface area contributed by atoms with Crippen LogP contribution in [-0.4, -0.2) is 30.7 Å². The zero-order chi connectivity index (χ0) is 17.4. The van der Waals surface area contributed by atoms with Gasteiger partial charge in [0, 0.05) is 6.54 Å². The molecule has 0 saturated heterocycles. The Balaban J connectivity index is 1.75. The van der Waals surface area contributed by atoms with Gasteiger partial charge in [0.25, 0.3) is 5.91 Å². The average Bonchev–Trinajstić information content (AvgIpc) is 2.59. The molecule has 0 unspecified atom stereocenters. The molecular weight excluding hydrogens is 310 g/mol. The summed E-state index contributed by atoms with van der Waals surface area (Å²) in [7, 11) is 1.60. The summed E-state index contributed by atoms with van der Waals surface area (Å²) in [6.45, 7) is 0.304. The zero-order valence-corrected chi connectivity index (χ0v) is 13.3. The van der Waals surface area contributed by atoms with Gasteiger partial charge >= 0.3 is 5.97 Å². The van der Waals surface area contributed by atoms with Crippen LogP contribution in [0.25, 0.3) is 0 Å². The van der Waals surface area contributed by atoms with Crippen LogP contribution in [0.1, 0.15) is 11.1 Å². The van der Waals surface area contributed by atoms with E-state index in [1.807, 2.05) is 24.3 Å². The molecule has 0 radical (unpaired) electrons. The third kappa shape index (κ3) is 5.64. The molecule has 0 bridgehead atoms. The standard InChI is InChI=1S/C18H19NO5/c1-23-15-6-4-14(5-7-15)11-19-17(20)12-24-16-8-2-13(3-9-16)10-18(21)22/h2-9H,10-12H2,1H3,(H,19,20)(H,21,22). The van der Waals surface area contributed by atoms with E-state index in [0.717, 1.165) is 11.3 Å². The summed E-state index contributed by atoms with van der Waals surface area (Å²) in [4.78, 5) is 22.4. The number of methoxy groups -OCH3 is 1. The van der Waals surface area contributed by atoms with Crippen LogP contribution in [0, 0.1) is 0 Å². The van der Waals surface area contributed by atoms with Crippen molar-refractivity contribution in [3.05, 3.63) is 59.7 Å². The monoisotopic (exact) mass is 329 g/mol. The lowest BCUT2D eigenvalue weighted by molar-refractivity contribution is -0.136. The Morgan fingerprint density at radius 2 is 1.54 bits per heavy atom. The molecule has 1 amide bonds. The van der Waals surface area contributed by atoms with Crippen LogP contribution < -0.4 is 14.8 Å². The Labute approximate surface area is 140 Å². The van der Waals surface area contributed by atoms with Gasteiger partial charge in [0.2, 0.25) is 0 Å². The third-order valence-corrected chi connectivity index (χ3v) is 3.30. The number of ether oxygens (including phenoxy) is 2. The highest BCUT2D eigenvalue weighted by molar-refractivity contribution is 5.77. The molecule has 6 nitrogen and oxygen atoms in total. The van der Waals surface area contributed by atoms with Crippen molar-refractivity contribution >= 4 is 11.9 Å². The van der Waals surface area contributed by atoms with E-state index in [1.54, 1.807) is 31.4 Å². The summed E-state index contributed by atoms with van der Waals surface area (Å²) < 4.78 is 10.4. The molecule has 2 aromatic carbocycles. The molecule has 24 heavy (non-hydrogen) atoms. The summed E-state index contributed by atoms with van der Waals surface area (Å²) in [5.74, 6) is 0.158. The van der Waals surface area contributed by atoms with Crippen molar-refractivity contribution in [2.45, 2.75) is 13.0 Å². The van der Waals surface area contributed by atoms with Gasteiger partial charge in [-0.2, -0.15) is 0 Å². The minimum absolute atomic E-state index is 0.0391. The van der Waals surface area contributed by atoms with Gasteiger partial charge in [-0.3, -0.25) is 9.59 Å². The number of rotatable bonds is 8. The van der Waals surface area contributed by atoms with E-state index in [-0.39, 0.29) is 18.9 Å². The number of carbonyl (C=O) groups is 2. The zero-order valence-electron chi connectivity index (χ0n) is 13.3. The number of hydrogen-bond donors (Lipinski definition) is 2. The van der Waals surface area contributed by atoms with Crippen LogP contribution in [0.5, 0.6) is 11.5 Å². The average molecular weight is 329 g/mol. The second-order valence-corrected chi connectivity index (χ2v) is 5.13. The summed E-state index contributed by atoms with van der Waals surface area (Å²) >= 11 is 0. The van der Waals surface area contributed by atoms with E-state index in [2.05, 4.69) is 5.32 Å². The molecule has 0 saturated carbocycles. The first-order chi connectivity index (χ1) is 11.6. The predicted octanol–water partition coefficient (Wildman–Crippen LogP) is 2.02. The molecule has 0 aliphatic carbocycles. The van der Waals surface area contributed by atoms with Gasteiger partial charge in [0.05, 0.1) is 13.5 Å². The minimum Gasteiger partial charge on any atom is -0.497 e. The van der Waals surface area contributed by atoms with Crippen molar-refractivity contribution in [1.82, 2.24) is 5.32 Å². The minimum atomic E-state index is -0.887. The van der Waals surface area contributed by atoms with Crippen molar-refractivity contribution in [2.24, 2.45) is 0 Å². The second-order valence-electron chi connectivity index (χ2n) is 5.13. The van der Waals surface area contributed by atoms with Crippen molar-refractivity contribution in [3.8, 4) is 11.5 Å². The Morgan fingerprint density at radius 3 is 2.12 bits per heavy atom. The highest BCUT2D eigenvalue weighted by Crippen LogP contribution is 2.13. The van der Waals surface area contributed by atoms with E-state index >= 15 is 0 Å². The Hall–Kier alpha value is -3.02. The highest BCUT2D eigenvalue weighted by atomic mass is 16.5. The van der Waals surface area contributed by atoms with Gasteiger partial charge in [-0.1, -0.05) is 24.3 Å². The molecule has 126 valence electrons. The molecule has 0 fully saturated rings. The smallest absolute Gasteiger partial charge is 0.307 e. The number of benzene rings is 2. The molecule has 0 spiro atoms. The molecule has 0 aliphatic heterocycles. The van der Waals surface area contributed by atoms with Gasteiger partial charge in [0.15, 0.2) is 6.61 Å². The van der Waals surface area contributed by atoms with Crippen LogP contribution in [0.2, 0.25) is 0 Å². The quantitative estimate of drug-likeness (QED) is 0.774. The third-order valence-electron chi connectivity index (χ3n) is 3.30. The van der Waals surface area contributed by atoms with Crippen molar-refractivity contribution in [2.75, 3.05) is 13.7 Å². The van der Waals surface area contributed by atoms with E-state index in [9.17, 15) is 9.59 Å². The number of carbonyl (C=O) groups excluding carboxylic acids is 1. The molecule has 0 heterocycles. The Morgan fingerprint density at radius 1 is 0.958 bits per heavy atom. The lowest BCUT2D eigenvalue weighted by Crippen LogP contribution is -2.28. The van der Waals surface area contributed by atoms with E-state index in [0.29, 0.717) is 17.9 Å². The number of aliphatic carboxylic acids is 1. The van der Waals surface area contributed by atoms with Gasteiger partial charge in [-0.05, 0) is 35.4 Å². The van der Waals surface area contributed by atoms with E-state index in [4.69, 9.17) is 14.6 Å². The normalized spacial score (nSPS) is 10.0. The van der Waals surface area contributed by atoms with Gasteiger partial charge in [0.1, 0.15) is 11.5 Å². The molecule has 0 aliphatic rings. The number of nitrogens with one attached hydrogen (secondary N) is 1. The fourth-order valence-electron chi connectivity index (χ4n) is 2.02. The Bertz CT molecular complexity index is 680. The topological polar surface area (TPSA) is 84.9 Å². The first-order valence-electron chi connectivity index (χ1n) is 7.40. The maximum atomic E-state index is 11.8. The number of carboxylic acid groups (broad SMARTS) is 1. The van der Waals surface area contributed by atoms with Gasteiger partial charge < -0.3 is 19.9 Å². The fourth-order valence-corrected chi connectivity index (χ4v) is 2.02. The lowest BCUT2D eigenvalue weighted by atomic mass is 10.1. The van der Waals surface area contributed by atoms with Gasteiger partial charge in [-0.25, -0.2) is 0 Å². The molecule has 0 atom stereocenters. The maximum Gasteiger partial charge on any atom is 0.307 e. The molecule has 0 aromatic heterocycles. The van der Waals surface area contributed by atoms with Crippen molar-refractivity contribution in [1.29, 1.82) is 0 Å². The largest absolute Gasteiger partial charge is 0.497 e. The number of carboxylic acids is 1. The lowest BCUT2D eigenvalue weighted by Gasteiger charge is -2.08.